The fourth-order valence-electron chi connectivity index (χ4n) is 2.07. The van der Waals surface area contributed by atoms with Gasteiger partial charge in [-0.05, 0) is 19.3 Å². The van der Waals surface area contributed by atoms with Crippen molar-refractivity contribution in [2.24, 2.45) is 0 Å². The van der Waals surface area contributed by atoms with Gasteiger partial charge in [0.15, 0.2) is 0 Å². The molecule has 1 heterocycles. The van der Waals surface area contributed by atoms with Crippen LogP contribution >= 0.6 is 0 Å². The maximum absolute atomic E-state index is 12.0. The van der Waals surface area contributed by atoms with Gasteiger partial charge >= 0.3 is 5.97 Å². The summed E-state index contributed by atoms with van der Waals surface area (Å²) in [4.78, 5) is 24.2. The highest BCUT2D eigenvalue weighted by Crippen LogP contribution is 2.14. The van der Waals surface area contributed by atoms with Crippen LogP contribution in [0.1, 0.15) is 45.4 Å². The van der Waals surface area contributed by atoms with Gasteiger partial charge in [-0.3, -0.25) is 9.59 Å². The largest absolute Gasteiger partial charge is 0.481 e. The Labute approximate surface area is 108 Å². The molecule has 5 nitrogen and oxygen atoms in total. The van der Waals surface area contributed by atoms with Crippen LogP contribution in [0, 0.1) is 0 Å². The Morgan fingerprint density at radius 1 is 1.39 bits per heavy atom. The quantitative estimate of drug-likeness (QED) is 0.718. The number of carboxylic acid groups (broad SMARTS) is 1. The van der Waals surface area contributed by atoms with E-state index in [2.05, 4.69) is 0 Å². The second kappa shape index (κ2) is 8.08. The van der Waals surface area contributed by atoms with Gasteiger partial charge in [0.1, 0.15) is 0 Å². The van der Waals surface area contributed by atoms with Crippen LogP contribution in [0.15, 0.2) is 0 Å². The molecule has 104 valence electrons. The van der Waals surface area contributed by atoms with E-state index in [-0.39, 0.29) is 25.0 Å². The number of nitrogens with zero attached hydrogens (tertiary/aromatic N) is 1. The van der Waals surface area contributed by atoms with E-state index in [0.29, 0.717) is 13.0 Å². The van der Waals surface area contributed by atoms with Crippen molar-refractivity contribution in [2.45, 2.75) is 51.6 Å². The van der Waals surface area contributed by atoms with Crippen molar-refractivity contribution in [1.82, 2.24) is 4.90 Å². The number of carboxylic acids is 1. The highest BCUT2D eigenvalue weighted by Gasteiger charge is 2.22. The average molecular weight is 257 g/mol. The molecule has 0 saturated carbocycles. The molecule has 5 heteroatoms. The van der Waals surface area contributed by atoms with Crippen LogP contribution < -0.4 is 0 Å². The Morgan fingerprint density at radius 3 is 2.72 bits per heavy atom. The SMILES string of the molecule is CCCCC(=O)N(CCC(=O)O)CC1CCCO1. The van der Waals surface area contributed by atoms with Crippen LogP contribution in [-0.2, 0) is 14.3 Å². The van der Waals surface area contributed by atoms with E-state index in [1.54, 1.807) is 4.90 Å². The van der Waals surface area contributed by atoms with Crippen molar-refractivity contribution in [3.8, 4) is 0 Å². The Morgan fingerprint density at radius 2 is 2.17 bits per heavy atom. The highest BCUT2D eigenvalue weighted by molar-refractivity contribution is 5.77. The van der Waals surface area contributed by atoms with E-state index in [0.717, 1.165) is 32.3 Å². The number of carbonyl (C=O) groups excluding carboxylic acids is 1. The van der Waals surface area contributed by atoms with Crippen LogP contribution in [-0.4, -0.2) is 47.7 Å². The minimum absolute atomic E-state index is 0.00455. The van der Waals surface area contributed by atoms with E-state index in [9.17, 15) is 9.59 Å². The summed E-state index contributed by atoms with van der Waals surface area (Å²) in [5.41, 5.74) is 0. The van der Waals surface area contributed by atoms with E-state index >= 15 is 0 Å². The molecule has 0 aromatic carbocycles. The van der Waals surface area contributed by atoms with Crippen molar-refractivity contribution in [3.63, 3.8) is 0 Å². The van der Waals surface area contributed by atoms with Crippen molar-refractivity contribution in [1.29, 1.82) is 0 Å². The lowest BCUT2D eigenvalue weighted by Crippen LogP contribution is -2.38. The molecule has 1 rings (SSSR count). The molecule has 0 bridgehead atoms. The fourth-order valence-corrected chi connectivity index (χ4v) is 2.07. The van der Waals surface area contributed by atoms with Gasteiger partial charge in [0.2, 0.25) is 5.91 Å². The zero-order chi connectivity index (χ0) is 13.4. The molecule has 0 radical (unpaired) electrons. The molecule has 1 saturated heterocycles. The van der Waals surface area contributed by atoms with Gasteiger partial charge in [0, 0.05) is 26.1 Å². The van der Waals surface area contributed by atoms with Crippen LogP contribution in [0.2, 0.25) is 0 Å². The van der Waals surface area contributed by atoms with E-state index in [1.165, 1.54) is 0 Å². The Bertz CT molecular complexity index is 274. The molecule has 1 aliphatic rings. The molecule has 1 unspecified atom stereocenters. The van der Waals surface area contributed by atoms with Crippen molar-refractivity contribution >= 4 is 11.9 Å². The van der Waals surface area contributed by atoms with Crippen LogP contribution in [0.3, 0.4) is 0 Å². The van der Waals surface area contributed by atoms with Gasteiger partial charge in [-0.15, -0.1) is 0 Å². The summed E-state index contributed by atoms with van der Waals surface area (Å²) in [6, 6.07) is 0. The lowest BCUT2D eigenvalue weighted by atomic mass is 10.2. The van der Waals surface area contributed by atoms with Crippen molar-refractivity contribution < 1.29 is 19.4 Å². The first-order valence-electron chi connectivity index (χ1n) is 6.74. The number of carbonyl (C=O) groups is 2. The van der Waals surface area contributed by atoms with Crippen LogP contribution in [0.25, 0.3) is 0 Å². The zero-order valence-corrected chi connectivity index (χ0v) is 11.1. The Balaban J connectivity index is 2.44. The first-order valence-corrected chi connectivity index (χ1v) is 6.74. The van der Waals surface area contributed by atoms with Gasteiger partial charge in [0.25, 0.3) is 0 Å². The average Bonchev–Trinajstić information content (AvgIpc) is 2.84. The summed E-state index contributed by atoms with van der Waals surface area (Å²) < 4.78 is 5.50. The molecule has 1 amide bonds. The standard InChI is InChI=1S/C13H23NO4/c1-2-3-6-12(15)14(8-7-13(16)17)10-11-5-4-9-18-11/h11H,2-10H2,1H3,(H,16,17). The Kier molecular flexibility index (Phi) is 6.72. The van der Waals surface area contributed by atoms with Gasteiger partial charge < -0.3 is 14.7 Å². The molecule has 1 fully saturated rings. The number of hydrogen-bond acceptors (Lipinski definition) is 3. The summed E-state index contributed by atoms with van der Waals surface area (Å²) in [7, 11) is 0. The molecule has 1 N–H and O–H groups in total. The number of aliphatic carboxylic acids is 1. The maximum Gasteiger partial charge on any atom is 0.305 e. The number of hydrogen-bond donors (Lipinski definition) is 1. The smallest absolute Gasteiger partial charge is 0.305 e. The normalized spacial score (nSPS) is 18.8. The monoisotopic (exact) mass is 257 g/mol. The fraction of sp³-hybridized carbons (Fsp3) is 0.846. The number of unbranched alkanes of at least 4 members (excludes halogenated alkanes) is 1. The van der Waals surface area contributed by atoms with Crippen LogP contribution in [0.4, 0.5) is 0 Å². The molecular weight excluding hydrogens is 234 g/mol. The third-order valence-electron chi connectivity index (χ3n) is 3.14. The third-order valence-corrected chi connectivity index (χ3v) is 3.14. The predicted molar refractivity (Wildman–Crippen MR) is 67.3 cm³/mol. The number of ether oxygens (including phenoxy) is 1. The minimum Gasteiger partial charge on any atom is -0.481 e. The first kappa shape index (κ1) is 15.0. The molecule has 0 aliphatic carbocycles. The predicted octanol–water partition coefficient (Wildman–Crippen LogP) is 1.66. The lowest BCUT2D eigenvalue weighted by Gasteiger charge is -2.25. The van der Waals surface area contributed by atoms with Gasteiger partial charge in [-0.2, -0.15) is 0 Å². The highest BCUT2D eigenvalue weighted by atomic mass is 16.5. The van der Waals surface area contributed by atoms with E-state index in [1.807, 2.05) is 6.92 Å². The summed E-state index contributed by atoms with van der Waals surface area (Å²) in [6.45, 7) is 3.61. The summed E-state index contributed by atoms with van der Waals surface area (Å²) in [6.07, 6.45) is 4.41. The molecular formula is C13H23NO4. The lowest BCUT2D eigenvalue weighted by molar-refractivity contribution is -0.139. The van der Waals surface area contributed by atoms with E-state index in [4.69, 9.17) is 9.84 Å². The van der Waals surface area contributed by atoms with Gasteiger partial charge in [-0.1, -0.05) is 13.3 Å². The second-order valence-electron chi connectivity index (χ2n) is 4.72. The summed E-state index contributed by atoms with van der Waals surface area (Å²) in [5.74, 6) is -0.816. The molecule has 1 atom stereocenters. The van der Waals surface area contributed by atoms with Crippen molar-refractivity contribution in [3.05, 3.63) is 0 Å². The molecule has 1 aliphatic heterocycles. The molecule has 0 aromatic heterocycles. The third kappa shape index (κ3) is 5.49. The minimum atomic E-state index is -0.865. The number of amides is 1. The number of rotatable bonds is 8. The topological polar surface area (TPSA) is 66.8 Å². The Hall–Kier alpha value is -1.10. The zero-order valence-electron chi connectivity index (χ0n) is 11.1. The second-order valence-corrected chi connectivity index (χ2v) is 4.72. The summed E-state index contributed by atoms with van der Waals surface area (Å²) in [5, 5.41) is 8.71. The molecule has 18 heavy (non-hydrogen) atoms. The first-order chi connectivity index (χ1) is 8.63. The van der Waals surface area contributed by atoms with Gasteiger partial charge in [0.05, 0.1) is 12.5 Å². The van der Waals surface area contributed by atoms with Crippen LogP contribution in [0.5, 0.6) is 0 Å². The van der Waals surface area contributed by atoms with Crippen molar-refractivity contribution in [2.75, 3.05) is 19.7 Å². The van der Waals surface area contributed by atoms with Gasteiger partial charge in [-0.25, -0.2) is 0 Å². The molecule has 0 aromatic rings. The summed E-state index contributed by atoms with van der Waals surface area (Å²) >= 11 is 0. The van der Waals surface area contributed by atoms with E-state index < -0.39 is 5.97 Å². The molecule has 0 spiro atoms. The maximum atomic E-state index is 12.0.